The van der Waals surface area contributed by atoms with Gasteiger partial charge in [-0.25, -0.2) is 4.39 Å². The van der Waals surface area contributed by atoms with Crippen LogP contribution >= 0.6 is 46.4 Å². The molecule has 3 rings (SSSR count). The SMILES string of the molecule is Fc1cc(-c2cc(Cl)ccc2Cl)ncc1-c1cc(Cl)ccc1Cl. The fraction of sp³-hybridized carbons (Fsp3) is 0. The largest absolute Gasteiger partial charge is 0.255 e. The molecule has 0 saturated heterocycles. The number of benzene rings is 2. The lowest BCUT2D eigenvalue weighted by Gasteiger charge is -2.09. The molecule has 23 heavy (non-hydrogen) atoms. The van der Waals surface area contributed by atoms with Crippen molar-refractivity contribution in [1.82, 2.24) is 4.98 Å². The van der Waals surface area contributed by atoms with Gasteiger partial charge in [0.15, 0.2) is 0 Å². The van der Waals surface area contributed by atoms with E-state index in [4.69, 9.17) is 46.4 Å². The molecule has 0 fully saturated rings. The molecule has 1 nitrogen and oxygen atoms in total. The topological polar surface area (TPSA) is 12.9 Å². The second-order valence-electron chi connectivity index (χ2n) is 4.80. The first-order chi connectivity index (χ1) is 11.0. The number of halogens is 5. The smallest absolute Gasteiger partial charge is 0.134 e. The Morgan fingerprint density at radius 1 is 0.696 bits per heavy atom. The van der Waals surface area contributed by atoms with Gasteiger partial charge < -0.3 is 0 Å². The Morgan fingerprint density at radius 2 is 1.26 bits per heavy atom. The molecular weight excluding hydrogens is 379 g/mol. The van der Waals surface area contributed by atoms with Crippen molar-refractivity contribution in [2.75, 3.05) is 0 Å². The Bertz CT molecular complexity index is 896. The first-order valence-corrected chi connectivity index (χ1v) is 8.03. The van der Waals surface area contributed by atoms with Gasteiger partial charge in [-0.15, -0.1) is 0 Å². The number of pyridine rings is 1. The first-order valence-electron chi connectivity index (χ1n) is 6.52. The van der Waals surface area contributed by atoms with Crippen LogP contribution < -0.4 is 0 Å². The maximum atomic E-state index is 14.5. The van der Waals surface area contributed by atoms with E-state index in [2.05, 4.69) is 4.98 Å². The Kier molecular flexibility index (Phi) is 4.79. The lowest BCUT2D eigenvalue weighted by molar-refractivity contribution is 0.630. The molecule has 6 heteroatoms. The molecule has 0 amide bonds. The summed E-state index contributed by atoms with van der Waals surface area (Å²) in [7, 11) is 0. The van der Waals surface area contributed by atoms with Crippen LogP contribution in [0.15, 0.2) is 48.7 Å². The monoisotopic (exact) mass is 385 g/mol. The Hall–Kier alpha value is -1.32. The quantitative estimate of drug-likeness (QED) is 0.454. The molecule has 0 aliphatic heterocycles. The summed E-state index contributed by atoms with van der Waals surface area (Å²) < 4.78 is 14.5. The van der Waals surface area contributed by atoms with Crippen molar-refractivity contribution in [1.29, 1.82) is 0 Å². The first kappa shape index (κ1) is 16.5. The highest BCUT2D eigenvalue weighted by molar-refractivity contribution is 6.36. The van der Waals surface area contributed by atoms with Gasteiger partial charge in [-0.3, -0.25) is 4.98 Å². The maximum absolute atomic E-state index is 14.5. The second-order valence-corrected chi connectivity index (χ2v) is 6.48. The van der Waals surface area contributed by atoms with Gasteiger partial charge in [0.25, 0.3) is 0 Å². The second kappa shape index (κ2) is 6.66. The Balaban J connectivity index is 2.11. The third-order valence-corrected chi connectivity index (χ3v) is 4.41. The van der Waals surface area contributed by atoms with E-state index in [1.807, 2.05) is 0 Å². The van der Waals surface area contributed by atoms with Crippen LogP contribution in [0.2, 0.25) is 20.1 Å². The maximum Gasteiger partial charge on any atom is 0.134 e. The van der Waals surface area contributed by atoms with Crippen LogP contribution in [0.3, 0.4) is 0 Å². The fourth-order valence-electron chi connectivity index (χ4n) is 2.17. The molecule has 0 unspecified atom stereocenters. The highest BCUT2D eigenvalue weighted by Crippen LogP contribution is 2.35. The summed E-state index contributed by atoms with van der Waals surface area (Å²) in [5.74, 6) is -0.477. The minimum Gasteiger partial charge on any atom is -0.255 e. The van der Waals surface area contributed by atoms with Crippen LogP contribution in [0.5, 0.6) is 0 Å². The molecule has 0 spiro atoms. The molecule has 0 atom stereocenters. The predicted octanol–water partition coefficient (Wildman–Crippen LogP) is 7.17. The van der Waals surface area contributed by atoms with E-state index in [0.717, 1.165) is 0 Å². The van der Waals surface area contributed by atoms with Gasteiger partial charge in [-0.2, -0.15) is 0 Å². The standard InChI is InChI=1S/C17H8Cl4FN/c18-9-1-3-14(20)11(5-9)13-8-23-17(7-16(13)22)12-6-10(19)2-4-15(12)21/h1-8H. The van der Waals surface area contributed by atoms with E-state index >= 15 is 0 Å². The van der Waals surface area contributed by atoms with Crippen LogP contribution in [0.4, 0.5) is 4.39 Å². The van der Waals surface area contributed by atoms with Gasteiger partial charge in [0, 0.05) is 44.0 Å². The summed E-state index contributed by atoms with van der Waals surface area (Å²) in [5, 5.41) is 1.79. The van der Waals surface area contributed by atoms with E-state index < -0.39 is 5.82 Å². The van der Waals surface area contributed by atoms with Crippen LogP contribution in [0, 0.1) is 5.82 Å². The molecular formula is C17H8Cl4FN. The number of hydrogen-bond acceptors (Lipinski definition) is 1. The Morgan fingerprint density at radius 3 is 1.87 bits per heavy atom. The number of aromatic nitrogens is 1. The predicted molar refractivity (Wildman–Crippen MR) is 95.1 cm³/mol. The van der Waals surface area contributed by atoms with Crippen LogP contribution in [-0.2, 0) is 0 Å². The van der Waals surface area contributed by atoms with E-state index in [9.17, 15) is 4.39 Å². The highest BCUT2D eigenvalue weighted by Gasteiger charge is 2.14. The van der Waals surface area contributed by atoms with Crippen molar-refractivity contribution < 1.29 is 4.39 Å². The van der Waals surface area contributed by atoms with E-state index in [1.54, 1.807) is 36.4 Å². The summed E-state index contributed by atoms with van der Waals surface area (Å²) >= 11 is 24.2. The van der Waals surface area contributed by atoms with Crippen LogP contribution in [0.1, 0.15) is 0 Å². The Labute approximate surface area is 152 Å². The highest BCUT2D eigenvalue weighted by atomic mass is 35.5. The molecule has 0 bridgehead atoms. The number of rotatable bonds is 2. The van der Waals surface area contributed by atoms with E-state index in [-0.39, 0.29) is 5.56 Å². The van der Waals surface area contributed by atoms with Crippen molar-refractivity contribution in [2.45, 2.75) is 0 Å². The molecule has 2 aromatic carbocycles. The summed E-state index contributed by atoms with van der Waals surface area (Å²) in [6.45, 7) is 0. The molecule has 0 N–H and O–H groups in total. The van der Waals surface area contributed by atoms with Crippen LogP contribution in [-0.4, -0.2) is 4.98 Å². The van der Waals surface area contributed by atoms with Gasteiger partial charge in [-0.05, 0) is 36.4 Å². The molecule has 1 aromatic heterocycles. The lowest BCUT2D eigenvalue weighted by Crippen LogP contribution is -1.92. The minimum atomic E-state index is -0.477. The third kappa shape index (κ3) is 3.46. The van der Waals surface area contributed by atoms with Gasteiger partial charge in [0.05, 0.1) is 10.7 Å². The number of hydrogen-bond donors (Lipinski definition) is 0. The summed E-state index contributed by atoms with van der Waals surface area (Å²) in [5.41, 5.74) is 1.69. The lowest BCUT2D eigenvalue weighted by atomic mass is 10.0. The van der Waals surface area contributed by atoms with Crippen LogP contribution in [0.25, 0.3) is 22.4 Å². The van der Waals surface area contributed by atoms with Crippen molar-refractivity contribution in [3.63, 3.8) is 0 Å². The van der Waals surface area contributed by atoms with Gasteiger partial charge in [-0.1, -0.05) is 46.4 Å². The zero-order valence-corrected chi connectivity index (χ0v) is 14.5. The summed E-state index contributed by atoms with van der Waals surface area (Å²) in [6, 6.07) is 11.1. The van der Waals surface area contributed by atoms with Crippen molar-refractivity contribution >= 4 is 46.4 Å². The van der Waals surface area contributed by atoms with Crippen molar-refractivity contribution in [3.05, 3.63) is 74.6 Å². The van der Waals surface area contributed by atoms with E-state index in [0.29, 0.717) is 36.9 Å². The zero-order chi connectivity index (χ0) is 16.6. The zero-order valence-electron chi connectivity index (χ0n) is 11.5. The molecule has 1 heterocycles. The average molecular weight is 387 g/mol. The average Bonchev–Trinajstić information content (AvgIpc) is 2.52. The molecule has 0 radical (unpaired) electrons. The summed E-state index contributed by atoms with van der Waals surface area (Å²) in [6.07, 6.45) is 1.40. The normalized spacial score (nSPS) is 10.8. The molecule has 0 aliphatic rings. The van der Waals surface area contributed by atoms with E-state index in [1.165, 1.54) is 12.3 Å². The van der Waals surface area contributed by atoms with Gasteiger partial charge in [0.2, 0.25) is 0 Å². The van der Waals surface area contributed by atoms with Crippen molar-refractivity contribution in [2.24, 2.45) is 0 Å². The molecule has 3 aromatic rings. The molecule has 0 aliphatic carbocycles. The fourth-order valence-corrected chi connectivity index (χ4v) is 2.95. The summed E-state index contributed by atoms with van der Waals surface area (Å²) in [4.78, 5) is 4.27. The molecule has 116 valence electrons. The van der Waals surface area contributed by atoms with Crippen molar-refractivity contribution in [3.8, 4) is 22.4 Å². The van der Waals surface area contributed by atoms with Gasteiger partial charge >= 0.3 is 0 Å². The third-order valence-electron chi connectivity index (χ3n) is 3.28. The minimum absolute atomic E-state index is 0.263. The number of nitrogens with zero attached hydrogens (tertiary/aromatic N) is 1. The van der Waals surface area contributed by atoms with Gasteiger partial charge in [0.1, 0.15) is 5.82 Å². The molecule has 0 saturated carbocycles.